The van der Waals surface area contributed by atoms with Crippen LogP contribution in [0.5, 0.6) is 0 Å². The topological polar surface area (TPSA) is 56.6 Å². The number of benzene rings is 1. The van der Waals surface area contributed by atoms with Gasteiger partial charge in [0.15, 0.2) is 0 Å². The van der Waals surface area contributed by atoms with Gasteiger partial charge in [-0.15, -0.1) is 0 Å². The molecular weight excluding hydrogens is 313 g/mol. The summed E-state index contributed by atoms with van der Waals surface area (Å²) in [6.45, 7) is 0. The first-order valence-corrected chi connectivity index (χ1v) is 5.46. The summed E-state index contributed by atoms with van der Waals surface area (Å²) < 4.78 is 38.6. The van der Waals surface area contributed by atoms with Crippen molar-refractivity contribution in [2.45, 2.75) is 6.18 Å². The zero-order valence-corrected chi connectivity index (χ0v) is 10.2. The number of nitriles is 1. The van der Waals surface area contributed by atoms with Crippen LogP contribution < -0.4 is 5.43 Å². The Morgan fingerprint density at radius 2 is 2.00 bits per heavy atom. The van der Waals surface area contributed by atoms with E-state index in [1.807, 2.05) is 0 Å². The number of nitrogens with one attached hydrogen (secondary N) is 1. The Kier molecular flexibility index (Phi) is 2.91. The molecule has 0 aliphatic carbocycles. The fourth-order valence-corrected chi connectivity index (χ4v) is 1.94. The van der Waals surface area contributed by atoms with Crippen molar-refractivity contribution in [1.82, 2.24) is 4.98 Å². The number of aromatic nitrogens is 1. The van der Waals surface area contributed by atoms with E-state index in [1.165, 1.54) is 24.3 Å². The molecule has 92 valence electrons. The highest BCUT2D eigenvalue weighted by Gasteiger charge is 2.36. The van der Waals surface area contributed by atoms with E-state index in [0.717, 1.165) is 0 Å². The third-order valence-corrected chi connectivity index (χ3v) is 2.85. The first-order chi connectivity index (χ1) is 8.34. The minimum Gasteiger partial charge on any atom is -0.350 e. The maximum Gasteiger partial charge on any atom is 0.432 e. The SMILES string of the molecule is N#Cc1c(C(F)(F)F)[nH]c2ccc(Br)cc2c1=O. The summed E-state index contributed by atoms with van der Waals surface area (Å²) in [7, 11) is 0. The lowest BCUT2D eigenvalue weighted by atomic mass is 10.1. The number of halogens is 4. The fourth-order valence-electron chi connectivity index (χ4n) is 1.58. The molecule has 0 spiro atoms. The number of fused-ring (bicyclic) bond motifs is 1. The highest BCUT2D eigenvalue weighted by atomic mass is 79.9. The number of hydrogen-bond acceptors (Lipinski definition) is 2. The van der Waals surface area contributed by atoms with Gasteiger partial charge in [-0.1, -0.05) is 15.9 Å². The number of pyridine rings is 1. The van der Waals surface area contributed by atoms with Gasteiger partial charge >= 0.3 is 6.18 Å². The van der Waals surface area contributed by atoms with Gasteiger partial charge in [0.2, 0.25) is 5.43 Å². The molecule has 18 heavy (non-hydrogen) atoms. The van der Waals surface area contributed by atoms with Gasteiger partial charge in [-0.25, -0.2) is 0 Å². The Hall–Kier alpha value is -1.81. The quantitative estimate of drug-likeness (QED) is 0.811. The molecular formula is C11H4BrF3N2O. The first-order valence-electron chi connectivity index (χ1n) is 4.67. The summed E-state index contributed by atoms with van der Waals surface area (Å²) in [5.41, 5.74) is -3.13. The van der Waals surface area contributed by atoms with Gasteiger partial charge in [0.25, 0.3) is 0 Å². The Morgan fingerprint density at radius 3 is 2.56 bits per heavy atom. The van der Waals surface area contributed by atoms with Crippen molar-refractivity contribution in [2.24, 2.45) is 0 Å². The Bertz CT molecular complexity index is 728. The predicted octanol–water partition coefficient (Wildman–Crippen LogP) is 3.18. The average Bonchev–Trinajstić information content (AvgIpc) is 2.28. The molecule has 0 radical (unpaired) electrons. The number of rotatable bonds is 0. The third-order valence-electron chi connectivity index (χ3n) is 2.36. The highest BCUT2D eigenvalue weighted by molar-refractivity contribution is 9.10. The minimum atomic E-state index is -4.77. The molecule has 7 heteroatoms. The van der Waals surface area contributed by atoms with Crippen LogP contribution in [0, 0.1) is 11.3 Å². The second-order valence-electron chi connectivity index (χ2n) is 3.50. The molecule has 0 fully saturated rings. The molecule has 2 aromatic rings. The van der Waals surface area contributed by atoms with Crippen molar-refractivity contribution in [2.75, 3.05) is 0 Å². The molecule has 1 aromatic carbocycles. The molecule has 1 heterocycles. The minimum absolute atomic E-state index is 0.0360. The lowest BCUT2D eigenvalue weighted by molar-refractivity contribution is -0.141. The molecule has 0 amide bonds. The maximum absolute atomic E-state index is 12.7. The van der Waals surface area contributed by atoms with Crippen molar-refractivity contribution < 1.29 is 13.2 Å². The fraction of sp³-hybridized carbons (Fsp3) is 0.0909. The van der Waals surface area contributed by atoms with E-state index in [1.54, 1.807) is 0 Å². The smallest absolute Gasteiger partial charge is 0.350 e. The van der Waals surface area contributed by atoms with Crippen LogP contribution in [0.25, 0.3) is 10.9 Å². The maximum atomic E-state index is 12.7. The third kappa shape index (κ3) is 1.99. The number of alkyl halides is 3. The molecule has 0 saturated carbocycles. The van der Waals surface area contributed by atoms with E-state index in [4.69, 9.17) is 5.26 Å². The van der Waals surface area contributed by atoms with Crippen LogP contribution in [0.1, 0.15) is 11.3 Å². The summed E-state index contributed by atoms with van der Waals surface area (Å²) in [4.78, 5) is 13.9. The summed E-state index contributed by atoms with van der Waals surface area (Å²) in [6, 6.07) is 5.52. The van der Waals surface area contributed by atoms with Gasteiger partial charge in [-0.05, 0) is 18.2 Å². The molecule has 1 N–H and O–H groups in total. The molecule has 2 rings (SSSR count). The normalized spacial score (nSPS) is 11.5. The Morgan fingerprint density at radius 1 is 1.33 bits per heavy atom. The van der Waals surface area contributed by atoms with Crippen molar-refractivity contribution in [1.29, 1.82) is 5.26 Å². The number of hydrogen-bond donors (Lipinski definition) is 1. The zero-order chi connectivity index (χ0) is 13.5. The van der Waals surface area contributed by atoms with Crippen LogP contribution in [0.15, 0.2) is 27.5 Å². The molecule has 0 aliphatic rings. The van der Waals surface area contributed by atoms with Crippen LogP contribution in [0.4, 0.5) is 13.2 Å². The van der Waals surface area contributed by atoms with Gasteiger partial charge in [0, 0.05) is 15.4 Å². The Balaban J connectivity index is 2.97. The number of aromatic amines is 1. The van der Waals surface area contributed by atoms with Crippen LogP contribution in [-0.2, 0) is 6.18 Å². The van der Waals surface area contributed by atoms with E-state index in [-0.39, 0.29) is 10.9 Å². The van der Waals surface area contributed by atoms with E-state index in [2.05, 4.69) is 20.9 Å². The van der Waals surface area contributed by atoms with Crippen LogP contribution in [-0.4, -0.2) is 4.98 Å². The van der Waals surface area contributed by atoms with Crippen molar-refractivity contribution in [3.8, 4) is 6.07 Å². The van der Waals surface area contributed by atoms with E-state index in [0.29, 0.717) is 4.47 Å². The van der Waals surface area contributed by atoms with E-state index in [9.17, 15) is 18.0 Å². The highest BCUT2D eigenvalue weighted by Crippen LogP contribution is 2.30. The van der Waals surface area contributed by atoms with Gasteiger partial charge < -0.3 is 4.98 Å². The Labute approximate surface area is 107 Å². The first kappa shape index (κ1) is 12.6. The molecule has 0 aliphatic heterocycles. The lowest BCUT2D eigenvalue weighted by Gasteiger charge is -2.10. The molecule has 0 saturated heterocycles. The van der Waals surface area contributed by atoms with Gasteiger partial charge in [0.1, 0.15) is 17.3 Å². The van der Waals surface area contributed by atoms with Crippen LogP contribution in [0.2, 0.25) is 0 Å². The summed E-state index contributed by atoms with van der Waals surface area (Å²) in [5.74, 6) is 0. The van der Waals surface area contributed by atoms with Gasteiger partial charge in [0.05, 0.1) is 0 Å². The largest absolute Gasteiger partial charge is 0.432 e. The molecule has 0 unspecified atom stereocenters. The predicted molar refractivity (Wildman–Crippen MR) is 62.0 cm³/mol. The second kappa shape index (κ2) is 4.14. The van der Waals surface area contributed by atoms with Crippen molar-refractivity contribution in [3.63, 3.8) is 0 Å². The standard InChI is InChI=1S/C11H4BrF3N2O/c12-5-1-2-8-6(3-5)9(18)7(4-16)10(17-8)11(13,14)15/h1-3H,(H,17,18). The van der Waals surface area contributed by atoms with E-state index < -0.39 is 22.9 Å². The summed E-state index contributed by atoms with van der Waals surface area (Å²) in [6.07, 6.45) is -4.77. The molecule has 3 nitrogen and oxygen atoms in total. The van der Waals surface area contributed by atoms with E-state index >= 15 is 0 Å². The van der Waals surface area contributed by atoms with Gasteiger partial charge in [-0.3, -0.25) is 4.79 Å². The van der Waals surface area contributed by atoms with Crippen molar-refractivity contribution in [3.05, 3.63) is 44.2 Å². The van der Waals surface area contributed by atoms with Crippen LogP contribution in [0.3, 0.4) is 0 Å². The molecule has 0 atom stereocenters. The van der Waals surface area contributed by atoms with Gasteiger partial charge in [-0.2, -0.15) is 18.4 Å². The number of nitrogens with zero attached hydrogens (tertiary/aromatic N) is 1. The average molecular weight is 317 g/mol. The van der Waals surface area contributed by atoms with Crippen LogP contribution >= 0.6 is 15.9 Å². The number of H-pyrrole nitrogens is 1. The lowest BCUT2D eigenvalue weighted by Crippen LogP contribution is -2.19. The summed E-state index contributed by atoms with van der Waals surface area (Å²) in [5, 5.41) is 8.75. The van der Waals surface area contributed by atoms with Crippen molar-refractivity contribution >= 4 is 26.8 Å². The molecule has 1 aromatic heterocycles. The zero-order valence-electron chi connectivity index (χ0n) is 8.60. The second-order valence-corrected chi connectivity index (χ2v) is 4.42. The summed E-state index contributed by atoms with van der Waals surface area (Å²) >= 11 is 3.11. The monoisotopic (exact) mass is 316 g/mol. The molecule has 0 bridgehead atoms.